The normalized spacial score (nSPS) is 13.1. The van der Waals surface area contributed by atoms with Gasteiger partial charge in [-0.1, -0.05) is 0 Å². The number of nitrogens with one attached hydrogen (secondary N) is 1. The summed E-state index contributed by atoms with van der Waals surface area (Å²) >= 11 is 0. The molecule has 27 heavy (non-hydrogen) atoms. The van der Waals surface area contributed by atoms with Gasteiger partial charge in [-0.25, -0.2) is 4.98 Å². The van der Waals surface area contributed by atoms with Crippen LogP contribution in [-0.2, 0) is 17.7 Å². The third kappa shape index (κ3) is 4.31. The number of methoxy groups -OCH3 is 3. The van der Waals surface area contributed by atoms with Gasteiger partial charge in [-0.15, -0.1) is 0 Å². The second kappa shape index (κ2) is 8.73. The Hall–Kier alpha value is -2.80. The molecule has 0 atom stereocenters. The molecular weight excluding hydrogens is 346 g/mol. The molecule has 2 aromatic rings. The van der Waals surface area contributed by atoms with Crippen molar-refractivity contribution < 1.29 is 19.0 Å². The molecule has 1 aromatic heterocycles. The molecule has 0 spiro atoms. The highest BCUT2D eigenvalue weighted by atomic mass is 16.5. The molecule has 1 N–H and O–H groups in total. The zero-order valence-corrected chi connectivity index (χ0v) is 15.9. The summed E-state index contributed by atoms with van der Waals surface area (Å²) in [5, 5.41) is 3.14. The van der Waals surface area contributed by atoms with Crippen molar-refractivity contribution in [3.63, 3.8) is 0 Å². The number of nitrogens with zero attached hydrogens (tertiary/aromatic N) is 2. The van der Waals surface area contributed by atoms with E-state index in [9.17, 15) is 4.79 Å². The number of anilines is 1. The molecule has 1 aromatic carbocycles. The zero-order valence-electron chi connectivity index (χ0n) is 15.9. The van der Waals surface area contributed by atoms with Gasteiger partial charge in [0.05, 0.1) is 26.4 Å². The van der Waals surface area contributed by atoms with E-state index in [1.54, 1.807) is 33.6 Å². The maximum absolute atomic E-state index is 12.8. The van der Waals surface area contributed by atoms with E-state index in [0.717, 1.165) is 23.6 Å². The van der Waals surface area contributed by atoms with Crippen molar-refractivity contribution in [3.8, 4) is 11.5 Å². The number of carbonyl (C=O) groups is 1. The van der Waals surface area contributed by atoms with Crippen molar-refractivity contribution >= 4 is 11.7 Å². The third-order valence-electron chi connectivity index (χ3n) is 4.63. The van der Waals surface area contributed by atoms with E-state index in [1.807, 2.05) is 23.1 Å². The Morgan fingerprint density at radius 3 is 2.52 bits per heavy atom. The van der Waals surface area contributed by atoms with Crippen LogP contribution in [-0.4, -0.2) is 56.8 Å². The fourth-order valence-corrected chi connectivity index (χ4v) is 3.15. The molecule has 3 rings (SSSR count). The number of pyridine rings is 1. The monoisotopic (exact) mass is 371 g/mol. The van der Waals surface area contributed by atoms with Gasteiger partial charge < -0.3 is 24.4 Å². The number of ether oxygens (including phenoxy) is 3. The first-order valence-corrected chi connectivity index (χ1v) is 8.88. The number of carbonyl (C=O) groups excluding carboxylic acids is 1. The van der Waals surface area contributed by atoms with Crippen LogP contribution in [0.1, 0.15) is 21.5 Å². The van der Waals surface area contributed by atoms with Gasteiger partial charge >= 0.3 is 0 Å². The molecule has 2 heterocycles. The lowest BCUT2D eigenvalue weighted by atomic mass is 9.98. The molecule has 0 unspecified atom stereocenters. The second-order valence-electron chi connectivity index (χ2n) is 6.30. The smallest absolute Gasteiger partial charge is 0.255 e. The fourth-order valence-electron chi connectivity index (χ4n) is 3.15. The molecule has 7 nitrogen and oxygen atoms in total. The Morgan fingerprint density at radius 1 is 1.15 bits per heavy atom. The first-order valence-electron chi connectivity index (χ1n) is 8.88. The molecule has 0 radical (unpaired) electrons. The van der Waals surface area contributed by atoms with Gasteiger partial charge in [0.25, 0.3) is 5.91 Å². The highest BCUT2D eigenvalue weighted by Gasteiger charge is 2.24. The number of aromatic nitrogens is 1. The van der Waals surface area contributed by atoms with Gasteiger partial charge in [-0.05, 0) is 41.8 Å². The van der Waals surface area contributed by atoms with Gasteiger partial charge in [0.15, 0.2) is 11.5 Å². The lowest BCUT2D eigenvalue weighted by Gasteiger charge is -2.29. The third-order valence-corrected chi connectivity index (χ3v) is 4.63. The van der Waals surface area contributed by atoms with E-state index in [0.29, 0.717) is 37.6 Å². The Morgan fingerprint density at radius 2 is 1.89 bits per heavy atom. The van der Waals surface area contributed by atoms with Crippen LogP contribution >= 0.6 is 0 Å². The van der Waals surface area contributed by atoms with Crippen molar-refractivity contribution in [1.82, 2.24) is 9.88 Å². The molecule has 7 heteroatoms. The van der Waals surface area contributed by atoms with Crippen molar-refractivity contribution in [3.05, 3.63) is 47.2 Å². The van der Waals surface area contributed by atoms with Crippen LogP contribution < -0.4 is 14.8 Å². The van der Waals surface area contributed by atoms with Crippen molar-refractivity contribution in [2.24, 2.45) is 0 Å². The Balaban J connectivity index is 1.70. The van der Waals surface area contributed by atoms with Gasteiger partial charge in [0.1, 0.15) is 5.82 Å². The molecule has 0 bridgehead atoms. The summed E-state index contributed by atoms with van der Waals surface area (Å²) in [6, 6.07) is 7.57. The molecule has 0 saturated heterocycles. The Kier molecular flexibility index (Phi) is 6.13. The largest absolute Gasteiger partial charge is 0.493 e. The van der Waals surface area contributed by atoms with E-state index < -0.39 is 0 Å². The highest BCUT2D eigenvalue weighted by molar-refractivity contribution is 5.94. The number of benzene rings is 1. The van der Waals surface area contributed by atoms with E-state index in [-0.39, 0.29) is 5.91 Å². The molecule has 0 fully saturated rings. The average Bonchev–Trinajstić information content (AvgIpc) is 2.72. The Bertz CT molecular complexity index is 793. The molecule has 1 aliphatic heterocycles. The molecule has 0 aliphatic carbocycles. The topological polar surface area (TPSA) is 72.9 Å². The van der Waals surface area contributed by atoms with Gasteiger partial charge in [-0.2, -0.15) is 0 Å². The van der Waals surface area contributed by atoms with E-state index in [1.165, 1.54) is 5.56 Å². The van der Waals surface area contributed by atoms with Crippen molar-refractivity contribution in [2.75, 3.05) is 46.3 Å². The predicted octanol–water partition coefficient (Wildman–Crippen LogP) is 2.36. The van der Waals surface area contributed by atoms with Crippen LogP contribution in [0, 0.1) is 0 Å². The van der Waals surface area contributed by atoms with Gasteiger partial charge in [0, 0.05) is 32.9 Å². The van der Waals surface area contributed by atoms with Crippen LogP contribution in [0.5, 0.6) is 11.5 Å². The molecule has 1 amide bonds. The lowest BCUT2D eigenvalue weighted by molar-refractivity contribution is 0.0734. The number of fused-ring (bicyclic) bond motifs is 1. The maximum atomic E-state index is 12.8. The van der Waals surface area contributed by atoms with Crippen LogP contribution in [0.4, 0.5) is 5.82 Å². The lowest BCUT2D eigenvalue weighted by Crippen LogP contribution is -2.36. The van der Waals surface area contributed by atoms with E-state index in [2.05, 4.69) is 10.3 Å². The summed E-state index contributed by atoms with van der Waals surface area (Å²) in [6.45, 7) is 2.48. The summed E-state index contributed by atoms with van der Waals surface area (Å²) in [6.07, 6.45) is 2.40. The van der Waals surface area contributed by atoms with Crippen LogP contribution in [0.15, 0.2) is 30.5 Å². The van der Waals surface area contributed by atoms with Crippen molar-refractivity contribution in [2.45, 2.75) is 13.0 Å². The van der Waals surface area contributed by atoms with E-state index >= 15 is 0 Å². The summed E-state index contributed by atoms with van der Waals surface area (Å²) in [4.78, 5) is 19.0. The number of amides is 1. The minimum absolute atomic E-state index is 0.0219. The fraction of sp³-hybridized carbons (Fsp3) is 0.400. The van der Waals surface area contributed by atoms with Crippen LogP contribution in [0.3, 0.4) is 0 Å². The highest BCUT2D eigenvalue weighted by Crippen LogP contribution is 2.33. The Labute approximate surface area is 159 Å². The van der Waals surface area contributed by atoms with Crippen LogP contribution in [0.25, 0.3) is 0 Å². The molecule has 1 aliphatic rings. The SMILES string of the molecule is COCCNc1ccc(C(=O)N2CCc3cc(OC)c(OC)cc3C2)cn1. The molecular formula is C20H25N3O4. The van der Waals surface area contributed by atoms with Crippen molar-refractivity contribution in [1.29, 1.82) is 0 Å². The quantitative estimate of drug-likeness (QED) is 0.754. The first kappa shape index (κ1) is 19.0. The minimum atomic E-state index is -0.0219. The summed E-state index contributed by atoms with van der Waals surface area (Å²) < 4.78 is 15.7. The summed E-state index contributed by atoms with van der Waals surface area (Å²) in [5.74, 6) is 2.10. The van der Waals surface area contributed by atoms with Gasteiger partial charge in [-0.3, -0.25) is 4.79 Å². The van der Waals surface area contributed by atoms with E-state index in [4.69, 9.17) is 14.2 Å². The maximum Gasteiger partial charge on any atom is 0.255 e. The first-order chi connectivity index (χ1) is 13.2. The summed E-state index contributed by atoms with van der Waals surface area (Å²) in [7, 11) is 4.90. The number of hydrogen-bond acceptors (Lipinski definition) is 6. The second-order valence-corrected chi connectivity index (χ2v) is 6.30. The average molecular weight is 371 g/mol. The molecule has 144 valence electrons. The van der Waals surface area contributed by atoms with Crippen LogP contribution in [0.2, 0.25) is 0 Å². The predicted molar refractivity (Wildman–Crippen MR) is 103 cm³/mol. The number of rotatable bonds is 7. The molecule has 0 saturated carbocycles. The minimum Gasteiger partial charge on any atom is -0.493 e. The zero-order chi connectivity index (χ0) is 19.2. The van der Waals surface area contributed by atoms with Gasteiger partial charge in [0.2, 0.25) is 0 Å². The number of hydrogen-bond donors (Lipinski definition) is 1. The standard InChI is InChI=1S/C20H25N3O4/c1-25-9-7-21-19-5-4-15(12-22-19)20(24)23-8-6-14-10-17(26-2)18(27-3)11-16(14)13-23/h4-5,10-12H,6-9,13H2,1-3H3,(H,21,22). The summed E-state index contributed by atoms with van der Waals surface area (Å²) in [5.41, 5.74) is 2.85.